The van der Waals surface area contributed by atoms with Crippen molar-refractivity contribution >= 4 is 12.4 Å². The number of benzene rings is 1. The number of imidazole rings is 1. The predicted octanol–water partition coefficient (Wildman–Crippen LogP) is 2.84. The molecule has 0 fully saturated rings. The average molecular weight is 211 g/mol. The number of rotatable bonds is 0. The van der Waals surface area contributed by atoms with Crippen LogP contribution in [0.1, 0.15) is 5.56 Å². The summed E-state index contributed by atoms with van der Waals surface area (Å²) in [4.78, 5) is 3.78. The van der Waals surface area contributed by atoms with Crippen LogP contribution in [0.4, 0.5) is 0 Å². The molecular formula is C11H15ClN2. The summed E-state index contributed by atoms with van der Waals surface area (Å²) >= 11 is 0. The smallest absolute Gasteiger partial charge is 0.0943 e. The molecule has 14 heavy (non-hydrogen) atoms. The molecule has 76 valence electrons. The fraction of sp³-hybridized carbons (Fsp3) is 0.182. The Kier molecular flexibility index (Phi) is 6.50. The van der Waals surface area contributed by atoms with Crippen LogP contribution in [-0.2, 0) is 7.05 Å². The molecule has 0 saturated heterocycles. The Morgan fingerprint density at radius 3 is 2.00 bits per heavy atom. The van der Waals surface area contributed by atoms with Gasteiger partial charge in [0.25, 0.3) is 0 Å². The lowest BCUT2D eigenvalue weighted by Gasteiger charge is -1.82. The van der Waals surface area contributed by atoms with Gasteiger partial charge in [0.05, 0.1) is 6.33 Å². The zero-order chi connectivity index (χ0) is 9.52. The van der Waals surface area contributed by atoms with Gasteiger partial charge in [-0.3, -0.25) is 0 Å². The number of nitrogens with zero attached hydrogens (tertiary/aromatic N) is 2. The highest BCUT2D eigenvalue weighted by atomic mass is 35.5. The quantitative estimate of drug-likeness (QED) is 0.654. The second kappa shape index (κ2) is 7.15. The van der Waals surface area contributed by atoms with Crippen molar-refractivity contribution in [2.75, 3.05) is 0 Å². The van der Waals surface area contributed by atoms with E-state index in [1.807, 2.05) is 36.0 Å². The van der Waals surface area contributed by atoms with E-state index in [4.69, 9.17) is 0 Å². The summed E-state index contributed by atoms with van der Waals surface area (Å²) in [6.07, 6.45) is 5.39. The first kappa shape index (κ1) is 12.7. The molecule has 0 N–H and O–H groups in total. The van der Waals surface area contributed by atoms with Crippen LogP contribution in [0.3, 0.4) is 0 Å². The van der Waals surface area contributed by atoms with Gasteiger partial charge in [0.2, 0.25) is 0 Å². The molecule has 3 heteroatoms. The third kappa shape index (κ3) is 5.38. The minimum absolute atomic E-state index is 0. The second-order valence-corrected chi connectivity index (χ2v) is 2.88. The highest BCUT2D eigenvalue weighted by Crippen LogP contribution is 1.92. The number of aromatic nitrogens is 2. The van der Waals surface area contributed by atoms with Crippen molar-refractivity contribution in [1.29, 1.82) is 0 Å². The Bertz CT molecular complexity index is 316. The van der Waals surface area contributed by atoms with Crippen LogP contribution >= 0.6 is 12.4 Å². The van der Waals surface area contributed by atoms with Gasteiger partial charge in [0, 0.05) is 19.4 Å². The van der Waals surface area contributed by atoms with Crippen LogP contribution in [-0.4, -0.2) is 9.55 Å². The fourth-order valence-corrected chi connectivity index (χ4v) is 0.860. The molecule has 2 rings (SSSR count). The van der Waals surface area contributed by atoms with E-state index in [9.17, 15) is 0 Å². The summed E-state index contributed by atoms with van der Waals surface area (Å²) in [5, 5.41) is 0. The average Bonchev–Trinajstić information content (AvgIpc) is 2.58. The van der Waals surface area contributed by atoms with E-state index >= 15 is 0 Å². The SMILES string of the molecule is Cc1ccccc1.Cl.Cn1ccnc1. The molecule has 1 aromatic heterocycles. The van der Waals surface area contributed by atoms with Crippen molar-refractivity contribution in [3.63, 3.8) is 0 Å². The van der Waals surface area contributed by atoms with Crippen LogP contribution in [0.2, 0.25) is 0 Å². The maximum atomic E-state index is 3.78. The molecule has 0 aliphatic rings. The largest absolute Gasteiger partial charge is 0.341 e. The van der Waals surface area contributed by atoms with E-state index in [-0.39, 0.29) is 12.4 Å². The summed E-state index contributed by atoms with van der Waals surface area (Å²) in [5.41, 5.74) is 1.32. The van der Waals surface area contributed by atoms with Gasteiger partial charge in [0.1, 0.15) is 0 Å². The Morgan fingerprint density at radius 2 is 1.79 bits per heavy atom. The lowest BCUT2D eigenvalue weighted by Crippen LogP contribution is -1.76. The number of aryl methyl sites for hydroxylation is 2. The van der Waals surface area contributed by atoms with Crippen molar-refractivity contribution < 1.29 is 0 Å². The van der Waals surface area contributed by atoms with Crippen molar-refractivity contribution in [3.8, 4) is 0 Å². The molecule has 0 radical (unpaired) electrons. The van der Waals surface area contributed by atoms with Gasteiger partial charge in [-0.15, -0.1) is 12.4 Å². The first-order valence-corrected chi connectivity index (χ1v) is 4.22. The first-order valence-electron chi connectivity index (χ1n) is 4.22. The second-order valence-electron chi connectivity index (χ2n) is 2.88. The van der Waals surface area contributed by atoms with E-state index < -0.39 is 0 Å². The zero-order valence-electron chi connectivity index (χ0n) is 8.42. The third-order valence-electron chi connectivity index (χ3n) is 1.58. The molecule has 0 aliphatic carbocycles. The topological polar surface area (TPSA) is 17.8 Å². The summed E-state index contributed by atoms with van der Waals surface area (Å²) in [7, 11) is 1.94. The van der Waals surface area contributed by atoms with E-state index in [1.165, 1.54) is 5.56 Å². The van der Waals surface area contributed by atoms with Crippen LogP contribution in [0.5, 0.6) is 0 Å². The normalized spacial score (nSPS) is 8.14. The van der Waals surface area contributed by atoms with E-state index in [0.717, 1.165) is 0 Å². The standard InChI is InChI=1S/C7H8.C4H6N2.ClH/c1-7-5-3-2-4-6-7;1-6-3-2-5-4-6;/h2-6H,1H3;2-4H,1H3;1H. The molecule has 0 atom stereocenters. The molecule has 0 unspecified atom stereocenters. The highest BCUT2D eigenvalue weighted by molar-refractivity contribution is 5.85. The molecule has 1 aromatic carbocycles. The van der Waals surface area contributed by atoms with Gasteiger partial charge in [-0.05, 0) is 6.92 Å². The Hall–Kier alpha value is -1.28. The van der Waals surface area contributed by atoms with Crippen LogP contribution in [0.15, 0.2) is 49.1 Å². The maximum Gasteiger partial charge on any atom is 0.0943 e. The number of halogens is 1. The number of hydrogen-bond donors (Lipinski definition) is 0. The molecular weight excluding hydrogens is 196 g/mol. The fourth-order valence-electron chi connectivity index (χ4n) is 0.860. The molecule has 0 aliphatic heterocycles. The minimum atomic E-state index is 0. The van der Waals surface area contributed by atoms with Crippen molar-refractivity contribution in [3.05, 3.63) is 54.6 Å². The van der Waals surface area contributed by atoms with Crippen molar-refractivity contribution in [2.45, 2.75) is 6.92 Å². The van der Waals surface area contributed by atoms with Crippen molar-refractivity contribution in [2.24, 2.45) is 7.05 Å². The van der Waals surface area contributed by atoms with Crippen LogP contribution < -0.4 is 0 Å². The minimum Gasteiger partial charge on any atom is -0.341 e. The Labute approximate surface area is 91.0 Å². The van der Waals surface area contributed by atoms with Gasteiger partial charge in [0.15, 0.2) is 0 Å². The van der Waals surface area contributed by atoms with Crippen LogP contribution in [0, 0.1) is 6.92 Å². The summed E-state index contributed by atoms with van der Waals surface area (Å²) in [6, 6.07) is 10.3. The number of hydrogen-bond acceptors (Lipinski definition) is 1. The molecule has 0 amide bonds. The monoisotopic (exact) mass is 210 g/mol. The molecule has 0 spiro atoms. The van der Waals surface area contributed by atoms with Gasteiger partial charge in [-0.1, -0.05) is 35.9 Å². The van der Waals surface area contributed by atoms with Gasteiger partial charge in [-0.25, -0.2) is 4.98 Å². The van der Waals surface area contributed by atoms with Gasteiger partial charge < -0.3 is 4.57 Å². The summed E-state index contributed by atoms with van der Waals surface area (Å²) in [6.45, 7) is 2.08. The van der Waals surface area contributed by atoms with Gasteiger partial charge in [-0.2, -0.15) is 0 Å². The Balaban J connectivity index is 0.000000227. The lowest BCUT2D eigenvalue weighted by molar-refractivity contribution is 0.913. The first-order chi connectivity index (χ1) is 6.29. The zero-order valence-corrected chi connectivity index (χ0v) is 9.24. The molecule has 0 bridgehead atoms. The van der Waals surface area contributed by atoms with E-state index in [1.54, 1.807) is 12.5 Å². The molecule has 2 aromatic rings. The van der Waals surface area contributed by atoms with Gasteiger partial charge >= 0.3 is 0 Å². The molecule has 2 nitrogen and oxygen atoms in total. The third-order valence-corrected chi connectivity index (χ3v) is 1.58. The maximum absolute atomic E-state index is 3.78. The Morgan fingerprint density at radius 1 is 1.14 bits per heavy atom. The molecule has 1 heterocycles. The summed E-state index contributed by atoms with van der Waals surface area (Å²) < 4.78 is 1.89. The van der Waals surface area contributed by atoms with Crippen molar-refractivity contribution in [1.82, 2.24) is 9.55 Å². The highest BCUT2D eigenvalue weighted by Gasteiger charge is 1.72. The molecule has 0 saturated carbocycles. The summed E-state index contributed by atoms with van der Waals surface area (Å²) in [5.74, 6) is 0. The van der Waals surface area contributed by atoms with E-state index in [2.05, 4.69) is 24.0 Å². The van der Waals surface area contributed by atoms with E-state index in [0.29, 0.717) is 0 Å². The predicted molar refractivity (Wildman–Crippen MR) is 61.6 cm³/mol. The van der Waals surface area contributed by atoms with Crippen LogP contribution in [0.25, 0.3) is 0 Å². The lowest BCUT2D eigenvalue weighted by atomic mass is 10.2.